The highest BCUT2D eigenvalue weighted by molar-refractivity contribution is 5.64. The molecule has 1 rings (SSSR count). The van der Waals surface area contributed by atoms with E-state index in [0.29, 0.717) is 5.92 Å². The van der Waals surface area contributed by atoms with Crippen LogP contribution in [0.1, 0.15) is 27.7 Å². The molecule has 0 amide bonds. The number of hydrazone groups is 1. The Hall–Kier alpha value is -0.970. The SMILES string of the molecule is CC(C)C(C)(C)N1[N]OC(O)=N1. The second kappa shape index (κ2) is 2.82. The summed E-state index contributed by atoms with van der Waals surface area (Å²) in [6.07, 6.45) is -0.399. The van der Waals surface area contributed by atoms with Crippen molar-refractivity contribution in [2.24, 2.45) is 11.0 Å². The summed E-state index contributed by atoms with van der Waals surface area (Å²) in [5, 5.41) is 13.9. The molecule has 5 heteroatoms. The van der Waals surface area contributed by atoms with Crippen LogP contribution < -0.4 is 5.59 Å². The van der Waals surface area contributed by atoms with Crippen molar-refractivity contribution in [2.75, 3.05) is 0 Å². The van der Waals surface area contributed by atoms with Crippen molar-refractivity contribution in [3.8, 4) is 0 Å². The standard InChI is InChI=1S/C7H14N3O2/c1-5(2)7(3,4)10-8-6(11)12-9-10/h5H,1-4H3,(H,8,11). The summed E-state index contributed by atoms with van der Waals surface area (Å²) in [6, 6.07) is 0. The molecule has 0 bridgehead atoms. The maximum absolute atomic E-state index is 8.84. The first-order valence-electron chi connectivity index (χ1n) is 3.90. The molecule has 0 spiro atoms. The highest BCUT2D eigenvalue weighted by atomic mass is 16.8. The van der Waals surface area contributed by atoms with Crippen LogP contribution in [0.3, 0.4) is 0 Å². The van der Waals surface area contributed by atoms with E-state index in [2.05, 4.69) is 29.4 Å². The van der Waals surface area contributed by atoms with Crippen molar-refractivity contribution >= 4 is 6.08 Å². The second-order valence-electron chi connectivity index (χ2n) is 3.65. The van der Waals surface area contributed by atoms with Gasteiger partial charge in [-0.1, -0.05) is 18.9 Å². The predicted octanol–water partition coefficient (Wildman–Crippen LogP) is 1.02. The average molecular weight is 172 g/mol. The van der Waals surface area contributed by atoms with E-state index in [9.17, 15) is 0 Å². The van der Waals surface area contributed by atoms with Crippen LogP contribution in [0.15, 0.2) is 5.10 Å². The van der Waals surface area contributed by atoms with Gasteiger partial charge in [0.2, 0.25) is 0 Å². The Kier molecular flexibility index (Phi) is 2.14. The van der Waals surface area contributed by atoms with Gasteiger partial charge in [-0.05, 0) is 19.8 Å². The summed E-state index contributed by atoms with van der Waals surface area (Å²) in [4.78, 5) is 4.46. The number of nitrogens with zero attached hydrogens (tertiary/aromatic N) is 3. The summed E-state index contributed by atoms with van der Waals surface area (Å²) in [7, 11) is 0. The number of aliphatic hydroxyl groups excluding tert-OH is 1. The van der Waals surface area contributed by atoms with Crippen molar-refractivity contribution < 1.29 is 9.94 Å². The minimum atomic E-state index is -0.399. The molecule has 0 aromatic rings. The van der Waals surface area contributed by atoms with E-state index in [4.69, 9.17) is 5.11 Å². The van der Waals surface area contributed by atoms with Gasteiger partial charge in [-0.25, -0.2) is 0 Å². The molecule has 0 aromatic carbocycles. The van der Waals surface area contributed by atoms with E-state index in [-0.39, 0.29) is 5.54 Å². The minimum absolute atomic E-state index is 0.246. The van der Waals surface area contributed by atoms with Gasteiger partial charge in [0.1, 0.15) is 5.59 Å². The lowest BCUT2D eigenvalue weighted by atomic mass is 9.91. The van der Waals surface area contributed by atoms with Crippen LogP contribution in [-0.2, 0) is 4.84 Å². The van der Waals surface area contributed by atoms with Gasteiger partial charge in [0.15, 0.2) is 0 Å². The molecule has 1 aliphatic rings. The Balaban J connectivity index is 2.70. The molecule has 0 fully saturated rings. The van der Waals surface area contributed by atoms with Crippen molar-refractivity contribution in [2.45, 2.75) is 33.2 Å². The number of hydrogen-bond acceptors (Lipinski definition) is 3. The number of hydrogen-bond donors (Lipinski definition) is 1. The van der Waals surface area contributed by atoms with E-state index in [1.807, 2.05) is 13.8 Å². The minimum Gasteiger partial charge on any atom is -0.464 e. The lowest BCUT2D eigenvalue weighted by Crippen LogP contribution is -2.46. The van der Waals surface area contributed by atoms with Gasteiger partial charge in [0.05, 0.1) is 5.54 Å². The molecule has 0 unspecified atom stereocenters. The first kappa shape index (κ1) is 9.12. The van der Waals surface area contributed by atoms with Crippen LogP contribution in [0.5, 0.6) is 0 Å². The fraction of sp³-hybridized carbons (Fsp3) is 0.857. The monoisotopic (exact) mass is 172 g/mol. The third kappa shape index (κ3) is 1.45. The van der Waals surface area contributed by atoms with Crippen LogP contribution in [-0.4, -0.2) is 21.8 Å². The molecule has 0 saturated carbocycles. The molecule has 12 heavy (non-hydrogen) atoms. The van der Waals surface area contributed by atoms with E-state index in [0.717, 1.165) is 0 Å². The average Bonchev–Trinajstić information content (AvgIpc) is 2.35. The lowest BCUT2D eigenvalue weighted by Gasteiger charge is -2.33. The van der Waals surface area contributed by atoms with Crippen LogP contribution in [0.25, 0.3) is 0 Å². The first-order chi connectivity index (χ1) is 5.44. The molecule has 69 valence electrons. The third-order valence-electron chi connectivity index (χ3n) is 2.31. The number of aliphatic hydroxyl groups is 1. The van der Waals surface area contributed by atoms with Gasteiger partial charge < -0.3 is 9.94 Å². The molecule has 1 heterocycles. The summed E-state index contributed by atoms with van der Waals surface area (Å²) in [5.41, 5.74) is 3.34. The van der Waals surface area contributed by atoms with Crippen LogP contribution in [0, 0.1) is 5.92 Å². The molecule has 0 aromatic heterocycles. The molecular formula is C7H14N3O2. The van der Waals surface area contributed by atoms with Gasteiger partial charge in [0.25, 0.3) is 0 Å². The summed E-state index contributed by atoms with van der Waals surface area (Å²) in [5.74, 6) is 0.361. The lowest BCUT2D eigenvalue weighted by molar-refractivity contribution is -0.0654. The molecule has 1 aliphatic heterocycles. The second-order valence-corrected chi connectivity index (χ2v) is 3.65. The fourth-order valence-electron chi connectivity index (χ4n) is 0.658. The Morgan fingerprint density at radius 1 is 1.50 bits per heavy atom. The third-order valence-corrected chi connectivity index (χ3v) is 2.31. The van der Waals surface area contributed by atoms with Crippen molar-refractivity contribution in [1.82, 2.24) is 10.7 Å². The summed E-state index contributed by atoms with van der Waals surface area (Å²) >= 11 is 0. The van der Waals surface area contributed by atoms with Gasteiger partial charge in [-0.3, -0.25) is 0 Å². The summed E-state index contributed by atoms with van der Waals surface area (Å²) in [6.45, 7) is 8.07. The Bertz CT molecular complexity index is 201. The van der Waals surface area contributed by atoms with Crippen LogP contribution in [0.4, 0.5) is 0 Å². The van der Waals surface area contributed by atoms with Crippen LogP contribution in [0.2, 0.25) is 0 Å². The topological polar surface area (TPSA) is 59.2 Å². The Labute approximate surface area is 71.9 Å². The maximum Gasteiger partial charge on any atom is 0.427 e. The van der Waals surface area contributed by atoms with E-state index in [1.54, 1.807) is 0 Å². The van der Waals surface area contributed by atoms with E-state index < -0.39 is 6.08 Å². The molecule has 0 atom stereocenters. The van der Waals surface area contributed by atoms with Gasteiger partial charge in [-0.15, -0.1) is 0 Å². The van der Waals surface area contributed by atoms with Gasteiger partial charge in [-0.2, -0.15) is 5.12 Å². The quantitative estimate of drug-likeness (QED) is 0.676. The zero-order valence-corrected chi connectivity index (χ0v) is 7.77. The van der Waals surface area contributed by atoms with Crippen molar-refractivity contribution in [3.63, 3.8) is 0 Å². The van der Waals surface area contributed by atoms with Gasteiger partial charge in [0, 0.05) is 0 Å². The Morgan fingerprint density at radius 3 is 2.42 bits per heavy atom. The summed E-state index contributed by atoms with van der Waals surface area (Å²) < 4.78 is 0. The zero-order chi connectivity index (χ0) is 9.35. The number of rotatable bonds is 2. The van der Waals surface area contributed by atoms with Crippen molar-refractivity contribution in [3.05, 3.63) is 0 Å². The highest BCUT2D eigenvalue weighted by Gasteiger charge is 2.35. The highest BCUT2D eigenvalue weighted by Crippen LogP contribution is 2.24. The van der Waals surface area contributed by atoms with Gasteiger partial charge >= 0.3 is 6.08 Å². The Morgan fingerprint density at radius 2 is 2.08 bits per heavy atom. The molecule has 1 N–H and O–H groups in total. The molecular weight excluding hydrogens is 158 g/mol. The van der Waals surface area contributed by atoms with E-state index >= 15 is 0 Å². The van der Waals surface area contributed by atoms with Crippen LogP contribution >= 0.6 is 0 Å². The predicted molar refractivity (Wildman–Crippen MR) is 44.0 cm³/mol. The molecule has 5 nitrogen and oxygen atoms in total. The fourth-order valence-corrected chi connectivity index (χ4v) is 0.658. The van der Waals surface area contributed by atoms with E-state index in [1.165, 1.54) is 5.12 Å². The maximum atomic E-state index is 8.84. The zero-order valence-electron chi connectivity index (χ0n) is 7.77. The normalized spacial score (nSPS) is 18.1. The molecule has 0 aliphatic carbocycles. The molecule has 0 saturated heterocycles. The largest absolute Gasteiger partial charge is 0.464 e. The first-order valence-corrected chi connectivity index (χ1v) is 3.90. The molecule has 1 radical (unpaired) electrons. The smallest absolute Gasteiger partial charge is 0.427 e. The van der Waals surface area contributed by atoms with Crippen molar-refractivity contribution in [1.29, 1.82) is 0 Å².